The van der Waals surface area contributed by atoms with Gasteiger partial charge in [0.05, 0.1) is 0 Å². The van der Waals surface area contributed by atoms with Crippen molar-refractivity contribution in [2.24, 2.45) is 10.7 Å². The second-order valence-corrected chi connectivity index (χ2v) is 2.22. The van der Waals surface area contributed by atoms with Crippen LogP contribution in [0.15, 0.2) is 4.99 Å². The van der Waals surface area contributed by atoms with Gasteiger partial charge in [-0.15, -0.1) is 0 Å². The Kier molecular flexibility index (Phi) is 1.21. The van der Waals surface area contributed by atoms with Crippen molar-refractivity contribution in [3.8, 4) is 0 Å². The number of aliphatic imine (C=N–C) groups is 1. The molecule has 7 heavy (non-hydrogen) atoms. The first-order valence-electron chi connectivity index (χ1n) is 2.04. The Bertz CT molecular complexity index is 100. The van der Waals surface area contributed by atoms with Gasteiger partial charge in [-0.2, -0.15) is 0 Å². The lowest BCUT2D eigenvalue weighted by Gasteiger charge is -1.90. The summed E-state index contributed by atoms with van der Waals surface area (Å²) >= 11 is 1.38. The van der Waals surface area contributed by atoms with Crippen LogP contribution in [0.25, 0.3) is 0 Å². The summed E-state index contributed by atoms with van der Waals surface area (Å²) in [7, 11) is 0. The smallest absolute Gasteiger partial charge is 0.170 e. The first-order valence-corrected chi connectivity index (χ1v) is 2.86. The number of nitrogens with zero attached hydrogens (tertiary/aromatic N) is 1. The van der Waals surface area contributed by atoms with Gasteiger partial charge in [0, 0.05) is 0 Å². The van der Waals surface area contributed by atoms with Crippen molar-refractivity contribution in [3.05, 3.63) is 0 Å². The Hall–Kier alpha value is -0.220. The fourth-order valence-corrected chi connectivity index (χ4v) is 0.944. The van der Waals surface area contributed by atoms with E-state index < -0.39 is 0 Å². The average molecular weight is 117 g/mol. The quantitative estimate of drug-likeness (QED) is 0.435. The lowest BCUT2D eigenvalue weighted by molar-refractivity contribution is 0.752. The summed E-state index contributed by atoms with van der Waals surface area (Å²) in [5.74, 6) is 0. The second-order valence-electron chi connectivity index (χ2n) is 1.36. The molecule has 0 aromatic heterocycles. The van der Waals surface area contributed by atoms with Crippen molar-refractivity contribution in [2.75, 3.05) is 0 Å². The molecule has 0 amide bonds. The van der Waals surface area contributed by atoms with Crippen molar-refractivity contribution in [1.82, 2.24) is 4.72 Å². The lowest BCUT2D eigenvalue weighted by Crippen LogP contribution is -2.09. The highest BCUT2D eigenvalue weighted by atomic mass is 32.2. The summed E-state index contributed by atoms with van der Waals surface area (Å²) in [6, 6.07) is 0. The van der Waals surface area contributed by atoms with E-state index in [4.69, 9.17) is 5.73 Å². The van der Waals surface area contributed by atoms with Gasteiger partial charge < -0.3 is 5.73 Å². The minimum Gasteiger partial charge on any atom is -0.377 e. The highest BCUT2D eigenvalue weighted by molar-refractivity contribution is 8.12. The zero-order valence-electron chi connectivity index (χ0n) is 4.01. The Morgan fingerprint density at radius 2 is 2.71 bits per heavy atom. The number of hydrogen-bond donors (Lipinski definition) is 2. The van der Waals surface area contributed by atoms with Gasteiger partial charge in [0.1, 0.15) is 6.17 Å². The van der Waals surface area contributed by atoms with Gasteiger partial charge in [0.25, 0.3) is 0 Å². The molecule has 1 rings (SSSR count). The molecule has 3 nitrogen and oxygen atoms in total. The number of nitrogens with two attached hydrogens (primary N) is 1. The van der Waals surface area contributed by atoms with Gasteiger partial charge >= 0.3 is 0 Å². The van der Waals surface area contributed by atoms with E-state index in [0.717, 1.165) is 0 Å². The van der Waals surface area contributed by atoms with Crippen LogP contribution in [0.2, 0.25) is 0 Å². The van der Waals surface area contributed by atoms with Crippen LogP contribution < -0.4 is 10.5 Å². The maximum atomic E-state index is 5.28. The highest BCUT2D eigenvalue weighted by Crippen LogP contribution is 2.05. The van der Waals surface area contributed by atoms with Gasteiger partial charge in [-0.1, -0.05) is 0 Å². The minimum absolute atomic E-state index is 0.199. The highest BCUT2D eigenvalue weighted by Gasteiger charge is 2.07. The Morgan fingerprint density at radius 1 is 2.00 bits per heavy atom. The fourth-order valence-electron chi connectivity index (χ4n) is 0.389. The third kappa shape index (κ3) is 1.07. The Balaban J connectivity index is 2.50. The molecule has 1 aliphatic rings. The summed E-state index contributed by atoms with van der Waals surface area (Å²) in [5, 5.41) is 0.632. The van der Waals surface area contributed by atoms with Crippen LogP contribution in [0.1, 0.15) is 6.92 Å². The van der Waals surface area contributed by atoms with E-state index >= 15 is 0 Å². The molecule has 1 heterocycles. The molecule has 40 valence electrons. The second kappa shape index (κ2) is 1.71. The van der Waals surface area contributed by atoms with Crippen LogP contribution in [0.4, 0.5) is 0 Å². The number of nitrogens with one attached hydrogen (secondary N) is 1. The Morgan fingerprint density at radius 3 is 2.86 bits per heavy atom. The third-order valence-corrected chi connectivity index (χ3v) is 1.43. The molecule has 3 N–H and O–H groups in total. The standard InChI is InChI=1S/C3H7N3S/c1-2-5-3(4)7-6-2/h2,6H,1H3,(H2,4,5). The zero-order valence-corrected chi connectivity index (χ0v) is 4.83. The molecule has 0 fully saturated rings. The van der Waals surface area contributed by atoms with Crippen LogP contribution in [0.5, 0.6) is 0 Å². The molecule has 4 heteroatoms. The van der Waals surface area contributed by atoms with E-state index in [1.54, 1.807) is 0 Å². The van der Waals surface area contributed by atoms with E-state index in [1.165, 1.54) is 11.9 Å². The molecule has 0 aromatic rings. The molecule has 0 bridgehead atoms. The molecule has 1 unspecified atom stereocenters. The van der Waals surface area contributed by atoms with Gasteiger partial charge in [-0.05, 0) is 18.9 Å². The van der Waals surface area contributed by atoms with Crippen molar-refractivity contribution in [2.45, 2.75) is 13.1 Å². The van der Waals surface area contributed by atoms with E-state index in [9.17, 15) is 0 Å². The number of amidine groups is 1. The van der Waals surface area contributed by atoms with Crippen molar-refractivity contribution in [1.29, 1.82) is 0 Å². The van der Waals surface area contributed by atoms with Crippen molar-refractivity contribution >= 4 is 17.1 Å². The summed E-state index contributed by atoms with van der Waals surface area (Å²) in [4.78, 5) is 3.94. The predicted molar refractivity (Wildman–Crippen MR) is 31.8 cm³/mol. The molecule has 0 saturated heterocycles. The molecule has 0 radical (unpaired) electrons. The average Bonchev–Trinajstić information content (AvgIpc) is 1.87. The van der Waals surface area contributed by atoms with E-state index in [1.807, 2.05) is 6.92 Å². The van der Waals surface area contributed by atoms with Crippen molar-refractivity contribution < 1.29 is 0 Å². The largest absolute Gasteiger partial charge is 0.377 e. The molecular weight excluding hydrogens is 110 g/mol. The normalized spacial score (nSPS) is 30.4. The van der Waals surface area contributed by atoms with E-state index in [-0.39, 0.29) is 6.17 Å². The van der Waals surface area contributed by atoms with Crippen LogP contribution >= 0.6 is 11.9 Å². The molecule has 0 spiro atoms. The van der Waals surface area contributed by atoms with Gasteiger partial charge in [-0.3, -0.25) is 0 Å². The summed E-state index contributed by atoms with van der Waals surface area (Å²) in [5.41, 5.74) is 5.28. The topological polar surface area (TPSA) is 50.4 Å². The minimum atomic E-state index is 0.199. The van der Waals surface area contributed by atoms with Crippen LogP contribution in [0, 0.1) is 0 Å². The van der Waals surface area contributed by atoms with E-state index in [2.05, 4.69) is 9.71 Å². The zero-order chi connectivity index (χ0) is 5.28. The van der Waals surface area contributed by atoms with Crippen LogP contribution in [0.3, 0.4) is 0 Å². The first kappa shape index (κ1) is 4.93. The predicted octanol–water partition coefficient (Wildman–Crippen LogP) is -0.102. The first-order chi connectivity index (χ1) is 3.29. The number of rotatable bonds is 0. The molecular formula is C3H7N3S. The van der Waals surface area contributed by atoms with Gasteiger partial charge in [0.2, 0.25) is 0 Å². The SMILES string of the molecule is CC1N=C(N)SN1. The molecule has 0 saturated carbocycles. The Labute approximate surface area is 46.5 Å². The third-order valence-electron chi connectivity index (χ3n) is 0.655. The maximum absolute atomic E-state index is 5.28. The summed E-state index contributed by atoms with van der Waals surface area (Å²) < 4.78 is 2.96. The summed E-state index contributed by atoms with van der Waals surface area (Å²) in [6.45, 7) is 1.95. The van der Waals surface area contributed by atoms with Gasteiger partial charge in [0.15, 0.2) is 5.17 Å². The maximum Gasteiger partial charge on any atom is 0.170 e. The van der Waals surface area contributed by atoms with Crippen LogP contribution in [-0.2, 0) is 0 Å². The van der Waals surface area contributed by atoms with E-state index in [0.29, 0.717) is 5.17 Å². The van der Waals surface area contributed by atoms with Gasteiger partial charge in [-0.25, -0.2) is 9.71 Å². The monoisotopic (exact) mass is 117 g/mol. The summed E-state index contributed by atoms with van der Waals surface area (Å²) in [6.07, 6.45) is 0.199. The van der Waals surface area contributed by atoms with Crippen LogP contribution in [-0.4, -0.2) is 11.3 Å². The molecule has 1 atom stereocenters. The molecule has 0 aliphatic carbocycles. The lowest BCUT2D eigenvalue weighted by atomic mass is 10.6. The molecule has 0 aromatic carbocycles. The molecule has 1 aliphatic heterocycles. The number of hydrogen-bond acceptors (Lipinski definition) is 4. The fraction of sp³-hybridized carbons (Fsp3) is 0.667. The van der Waals surface area contributed by atoms with Crippen molar-refractivity contribution in [3.63, 3.8) is 0 Å².